The van der Waals surface area contributed by atoms with Crippen LogP contribution in [0.2, 0.25) is 0 Å². The average molecular weight is 466 g/mol. The zero-order valence-electron chi connectivity index (χ0n) is 19.3. The first-order chi connectivity index (χ1) is 16.7. The van der Waals surface area contributed by atoms with E-state index in [1.165, 1.54) is 45.2 Å². The molecule has 2 amide bonds. The van der Waals surface area contributed by atoms with Gasteiger partial charge in [-0.1, -0.05) is 6.42 Å². The summed E-state index contributed by atoms with van der Waals surface area (Å²) in [4.78, 5) is 27.5. The Hall–Kier alpha value is -3.26. The first kappa shape index (κ1) is 22.5. The molecule has 2 atom stereocenters. The highest BCUT2D eigenvalue weighted by molar-refractivity contribution is 5.96. The van der Waals surface area contributed by atoms with Crippen LogP contribution in [0.4, 0.5) is 5.69 Å². The lowest BCUT2D eigenvalue weighted by Crippen LogP contribution is -2.51. The predicted octanol–water partition coefficient (Wildman–Crippen LogP) is 3.43. The van der Waals surface area contributed by atoms with Crippen molar-refractivity contribution in [1.29, 1.82) is 0 Å². The molecule has 180 valence electrons. The first-order valence-corrected chi connectivity index (χ1v) is 12.1. The molecule has 3 heterocycles. The van der Waals surface area contributed by atoms with Gasteiger partial charge in [0.25, 0.3) is 11.8 Å². The van der Waals surface area contributed by atoms with Crippen LogP contribution in [-0.4, -0.2) is 55.8 Å². The summed E-state index contributed by atoms with van der Waals surface area (Å²) in [6.07, 6.45) is 6.22. The van der Waals surface area contributed by atoms with E-state index >= 15 is 0 Å². The van der Waals surface area contributed by atoms with Crippen molar-refractivity contribution in [3.8, 4) is 17.2 Å². The van der Waals surface area contributed by atoms with Gasteiger partial charge in [-0.2, -0.15) is 0 Å². The number of carbonyl (C=O) groups is 2. The summed E-state index contributed by atoms with van der Waals surface area (Å²) >= 11 is 0. The molecule has 0 saturated carbocycles. The Morgan fingerprint density at radius 1 is 0.971 bits per heavy atom. The zero-order valence-corrected chi connectivity index (χ0v) is 19.3. The Kier molecular flexibility index (Phi) is 6.85. The third kappa shape index (κ3) is 5.28. The molecule has 2 aromatic rings. The maximum Gasteiger partial charge on any atom is 0.262 e. The standard InChI is InChI=1S/C26H31N3O5/c30-25(16-32-21-10-11-23-24(14-21)34-17-33-23)28-20-8-6-18(7-9-20)26(31)27-15-19-4-3-13-29-12-2-1-5-22(19)29/h6-11,14,19,22H,1-5,12-13,15-17H2,(H,27,31)(H,28,30). The van der Waals surface area contributed by atoms with E-state index in [2.05, 4.69) is 15.5 Å². The van der Waals surface area contributed by atoms with Crippen LogP contribution in [0.1, 0.15) is 42.5 Å². The summed E-state index contributed by atoms with van der Waals surface area (Å²) in [5.74, 6) is 1.96. The number of benzene rings is 2. The van der Waals surface area contributed by atoms with Crippen molar-refractivity contribution in [2.24, 2.45) is 5.92 Å². The van der Waals surface area contributed by atoms with Crippen LogP contribution in [0.5, 0.6) is 17.2 Å². The fraction of sp³-hybridized carbons (Fsp3) is 0.462. The van der Waals surface area contributed by atoms with Gasteiger partial charge >= 0.3 is 0 Å². The van der Waals surface area contributed by atoms with Crippen LogP contribution in [0.3, 0.4) is 0 Å². The van der Waals surface area contributed by atoms with Crippen LogP contribution < -0.4 is 24.8 Å². The topological polar surface area (TPSA) is 89.1 Å². The van der Waals surface area contributed by atoms with Crippen LogP contribution in [-0.2, 0) is 4.79 Å². The van der Waals surface area contributed by atoms with E-state index in [1.54, 1.807) is 42.5 Å². The summed E-state index contributed by atoms with van der Waals surface area (Å²) in [5.41, 5.74) is 1.20. The van der Waals surface area contributed by atoms with E-state index in [9.17, 15) is 9.59 Å². The maximum absolute atomic E-state index is 12.7. The van der Waals surface area contributed by atoms with Crippen molar-refractivity contribution in [3.05, 3.63) is 48.0 Å². The van der Waals surface area contributed by atoms with E-state index in [0.717, 1.165) is 6.54 Å². The third-order valence-corrected chi connectivity index (χ3v) is 6.90. The smallest absolute Gasteiger partial charge is 0.262 e. The molecule has 3 aliphatic rings. The second-order valence-corrected chi connectivity index (χ2v) is 9.14. The molecule has 0 aromatic heterocycles. The van der Waals surface area contributed by atoms with Crippen molar-refractivity contribution in [3.63, 3.8) is 0 Å². The van der Waals surface area contributed by atoms with Gasteiger partial charge in [0.05, 0.1) is 0 Å². The number of fused-ring (bicyclic) bond motifs is 2. The number of rotatable bonds is 7. The Bertz CT molecular complexity index is 1020. The fourth-order valence-electron chi connectivity index (χ4n) is 5.16. The van der Waals surface area contributed by atoms with E-state index < -0.39 is 0 Å². The van der Waals surface area contributed by atoms with Gasteiger partial charge in [-0.05, 0) is 81.1 Å². The quantitative estimate of drug-likeness (QED) is 0.651. The minimum atomic E-state index is -0.288. The minimum Gasteiger partial charge on any atom is -0.484 e. The average Bonchev–Trinajstić information content (AvgIpc) is 3.34. The normalized spacial score (nSPS) is 21.4. The second kappa shape index (κ2) is 10.3. The summed E-state index contributed by atoms with van der Waals surface area (Å²) in [7, 11) is 0. The molecule has 3 aliphatic heterocycles. The highest BCUT2D eigenvalue weighted by atomic mass is 16.7. The van der Waals surface area contributed by atoms with Crippen LogP contribution in [0, 0.1) is 5.92 Å². The van der Waals surface area contributed by atoms with Gasteiger partial charge in [0.15, 0.2) is 18.1 Å². The predicted molar refractivity (Wildman–Crippen MR) is 127 cm³/mol. The molecule has 2 fully saturated rings. The van der Waals surface area contributed by atoms with Gasteiger partial charge in [0, 0.05) is 29.9 Å². The van der Waals surface area contributed by atoms with Gasteiger partial charge in [0.2, 0.25) is 6.79 Å². The number of ether oxygens (including phenoxy) is 3. The first-order valence-electron chi connectivity index (χ1n) is 12.1. The minimum absolute atomic E-state index is 0.0723. The number of piperidine rings is 2. The van der Waals surface area contributed by atoms with Crippen LogP contribution >= 0.6 is 0 Å². The molecule has 0 bridgehead atoms. The highest BCUT2D eigenvalue weighted by Gasteiger charge is 2.32. The number of nitrogens with one attached hydrogen (secondary N) is 2. The molecule has 0 spiro atoms. The van der Waals surface area contributed by atoms with Crippen molar-refractivity contribution >= 4 is 17.5 Å². The Morgan fingerprint density at radius 3 is 2.68 bits per heavy atom. The fourth-order valence-corrected chi connectivity index (χ4v) is 5.16. The molecule has 2 aromatic carbocycles. The van der Waals surface area contributed by atoms with Gasteiger partial charge < -0.3 is 29.7 Å². The van der Waals surface area contributed by atoms with Gasteiger partial charge in [-0.15, -0.1) is 0 Å². The molecule has 2 unspecified atom stereocenters. The summed E-state index contributed by atoms with van der Waals surface area (Å²) < 4.78 is 16.1. The molecule has 2 N–H and O–H groups in total. The molecule has 2 saturated heterocycles. The monoisotopic (exact) mass is 465 g/mol. The molecular weight excluding hydrogens is 434 g/mol. The second-order valence-electron chi connectivity index (χ2n) is 9.14. The van der Waals surface area contributed by atoms with Gasteiger partial charge in [-0.25, -0.2) is 0 Å². The van der Waals surface area contributed by atoms with E-state index in [0.29, 0.717) is 40.5 Å². The molecule has 8 heteroatoms. The Labute approximate surface area is 199 Å². The number of carbonyl (C=O) groups excluding carboxylic acids is 2. The lowest BCUT2D eigenvalue weighted by Gasteiger charge is -2.44. The van der Waals surface area contributed by atoms with Crippen LogP contribution in [0.15, 0.2) is 42.5 Å². The molecule has 0 radical (unpaired) electrons. The number of nitrogens with zero attached hydrogens (tertiary/aromatic N) is 1. The lowest BCUT2D eigenvalue weighted by molar-refractivity contribution is -0.118. The molecule has 8 nitrogen and oxygen atoms in total. The van der Waals surface area contributed by atoms with Crippen LogP contribution in [0.25, 0.3) is 0 Å². The van der Waals surface area contributed by atoms with Gasteiger partial charge in [0.1, 0.15) is 5.75 Å². The molecular formula is C26H31N3O5. The SMILES string of the molecule is O=C(COc1ccc2c(c1)OCO2)Nc1ccc(C(=O)NCC2CCCN3CCCCC23)cc1. The maximum atomic E-state index is 12.7. The summed E-state index contributed by atoms with van der Waals surface area (Å²) in [6, 6.07) is 12.7. The number of hydrogen-bond donors (Lipinski definition) is 2. The largest absolute Gasteiger partial charge is 0.484 e. The molecule has 5 rings (SSSR count). The number of anilines is 1. The van der Waals surface area contributed by atoms with E-state index in [1.807, 2.05) is 0 Å². The molecule has 34 heavy (non-hydrogen) atoms. The van der Waals surface area contributed by atoms with Crippen molar-refractivity contribution < 1.29 is 23.8 Å². The van der Waals surface area contributed by atoms with Crippen molar-refractivity contribution in [1.82, 2.24) is 10.2 Å². The third-order valence-electron chi connectivity index (χ3n) is 6.90. The number of hydrogen-bond acceptors (Lipinski definition) is 6. The van der Waals surface area contributed by atoms with Crippen molar-refractivity contribution in [2.75, 3.05) is 38.4 Å². The Morgan fingerprint density at radius 2 is 1.79 bits per heavy atom. The van der Waals surface area contributed by atoms with Crippen molar-refractivity contribution in [2.45, 2.75) is 38.1 Å². The summed E-state index contributed by atoms with van der Waals surface area (Å²) in [6.45, 7) is 3.16. The summed E-state index contributed by atoms with van der Waals surface area (Å²) in [5, 5.41) is 5.91. The Balaban J connectivity index is 1.08. The lowest BCUT2D eigenvalue weighted by atomic mass is 9.83. The highest BCUT2D eigenvalue weighted by Crippen LogP contribution is 2.35. The zero-order chi connectivity index (χ0) is 23.3. The van der Waals surface area contributed by atoms with E-state index in [4.69, 9.17) is 14.2 Å². The van der Waals surface area contributed by atoms with Gasteiger partial charge in [-0.3, -0.25) is 9.59 Å². The molecule has 0 aliphatic carbocycles. The number of amides is 2. The van der Waals surface area contributed by atoms with E-state index in [-0.39, 0.29) is 25.2 Å².